The molecule has 0 spiro atoms. The van der Waals surface area contributed by atoms with Crippen molar-refractivity contribution in [1.29, 1.82) is 0 Å². The summed E-state index contributed by atoms with van der Waals surface area (Å²) >= 11 is 0. The summed E-state index contributed by atoms with van der Waals surface area (Å²) in [7, 11) is -3.64. The molecular formula is C15H11F3O2S. The Morgan fingerprint density at radius 1 is 0.905 bits per heavy atom. The van der Waals surface area contributed by atoms with Crippen LogP contribution in [0.5, 0.6) is 0 Å². The Morgan fingerprint density at radius 2 is 1.52 bits per heavy atom. The number of hydrogen-bond acceptors (Lipinski definition) is 2. The maximum atomic E-state index is 13.4. The van der Waals surface area contributed by atoms with Crippen LogP contribution in [-0.2, 0) is 15.6 Å². The highest BCUT2D eigenvalue weighted by Gasteiger charge is 2.09. The molecule has 2 rings (SSSR count). The quantitative estimate of drug-likeness (QED) is 0.863. The van der Waals surface area contributed by atoms with Crippen molar-refractivity contribution in [3.05, 3.63) is 76.5 Å². The normalized spacial score (nSPS) is 12.0. The van der Waals surface area contributed by atoms with E-state index in [4.69, 9.17) is 0 Å². The number of sulfone groups is 1. The Hall–Kier alpha value is -2.08. The molecule has 0 aliphatic heterocycles. The van der Waals surface area contributed by atoms with Gasteiger partial charge in [0.1, 0.15) is 17.5 Å². The highest BCUT2D eigenvalue weighted by Crippen LogP contribution is 2.14. The van der Waals surface area contributed by atoms with Crippen LogP contribution < -0.4 is 0 Å². The van der Waals surface area contributed by atoms with E-state index in [9.17, 15) is 21.6 Å². The highest BCUT2D eigenvalue weighted by atomic mass is 32.2. The Bertz CT molecular complexity index is 766. The zero-order valence-electron chi connectivity index (χ0n) is 10.8. The molecule has 2 nitrogen and oxygen atoms in total. The second-order valence-electron chi connectivity index (χ2n) is 4.40. The van der Waals surface area contributed by atoms with Gasteiger partial charge >= 0.3 is 0 Å². The molecule has 21 heavy (non-hydrogen) atoms. The van der Waals surface area contributed by atoms with Crippen LogP contribution in [0.15, 0.2) is 47.9 Å². The van der Waals surface area contributed by atoms with Gasteiger partial charge in [-0.3, -0.25) is 0 Å². The lowest BCUT2D eigenvalue weighted by atomic mass is 10.2. The van der Waals surface area contributed by atoms with E-state index >= 15 is 0 Å². The third-order valence-corrected chi connectivity index (χ3v) is 3.98. The molecule has 0 atom stereocenters. The average Bonchev–Trinajstić information content (AvgIpc) is 2.40. The van der Waals surface area contributed by atoms with Crippen molar-refractivity contribution in [2.45, 2.75) is 5.75 Å². The van der Waals surface area contributed by atoms with Crippen molar-refractivity contribution >= 4 is 15.9 Å². The third-order valence-electron chi connectivity index (χ3n) is 2.70. The second kappa shape index (κ2) is 6.13. The van der Waals surface area contributed by atoms with Crippen molar-refractivity contribution in [2.75, 3.05) is 0 Å². The van der Waals surface area contributed by atoms with Crippen LogP contribution in [0.4, 0.5) is 13.2 Å². The van der Waals surface area contributed by atoms with Crippen molar-refractivity contribution in [1.82, 2.24) is 0 Å². The lowest BCUT2D eigenvalue weighted by Gasteiger charge is -2.01. The van der Waals surface area contributed by atoms with E-state index < -0.39 is 27.3 Å². The molecule has 0 heterocycles. The summed E-state index contributed by atoms with van der Waals surface area (Å²) in [6, 6.07) is 7.90. The van der Waals surface area contributed by atoms with Crippen LogP contribution in [0.2, 0.25) is 0 Å². The van der Waals surface area contributed by atoms with E-state index in [1.807, 2.05) is 0 Å². The first-order valence-corrected chi connectivity index (χ1v) is 7.68. The molecule has 0 N–H and O–H groups in total. The summed E-state index contributed by atoms with van der Waals surface area (Å²) < 4.78 is 62.5. The number of rotatable bonds is 4. The maximum Gasteiger partial charge on any atom is 0.175 e. The first kappa shape index (κ1) is 15.3. The van der Waals surface area contributed by atoms with E-state index in [2.05, 4.69) is 0 Å². The van der Waals surface area contributed by atoms with Crippen LogP contribution in [0.25, 0.3) is 6.08 Å². The van der Waals surface area contributed by atoms with Gasteiger partial charge in [0.05, 0.1) is 5.75 Å². The fourth-order valence-corrected chi connectivity index (χ4v) is 2.78. The Kier molecular flexibility index (Phi) is 4.47. The standard InChI is InChI=1S/C15H11F3O2S/c16-13-4-1-11(2-5-13)10-21(19,20)8-7-12-3-6-14(17)9-15(12)18/h1-9H,10H2. The third kappa shape index (κ3) is 4.46. The molecule has 0 saturated carbocycles. The molecule has 0 unspecified atom stereocenters. The molecule has 0 bridgehead atoms. The summed E-state index contributed by atoms with van der Waals surface area (Å²) in [4.78, 5) is 0. The van der Waals surface area contributed by atoms with Crippen LogP contribution in [-0.4, -0.2) is 8.42 Å². The molecule has 2 aromatic rings. The zero-order chi connectivity index (χ0) is 15.5. The molecule has 6 heteroatoms. The predicted molar refractivity (Wildman–Crippen MR) is 74.4 cm³/mol. The molecule has 110 valence electrons. The topological polar surface area (TPSA) is 34.1 Å². The van der Waals surface area contributed by atoms with Crippen LogP contribution in [0.3, 0.4) is 0 Å². The second-order valence-corrected chi connectivity index (χ2v) is 6.29. The van der Waals surface area contributed by atoms with E-state index in [1.165, 1.54) is 12.1 Å². The van der Waals surface area contributed by atoms with Crippen molar-refractivity contribution in [3.8, 4) is 0 Å². The van der Waals surface area contributed by atoms with Gasteiger partial charge < -0.3 is 0 Å². The number of benzene rings is 2. The molecule has 0 aliphatic carbocycles. The van der Waals surface area contributed by atoms with Crippen LogP contribution >= 0.6 is 0 Å². The minimum atomic E-state index is -3.64. The molecule has 0 aromatic heterocycles. The summed E-state index contributed by atoms with van der Waals surface area (Å²) in [5.74, 6) is -2.37. The molecule has 0 aliphatic rings. The lowest BCUT2D eigenvalue weighted by Crippen LogP contribution is -2.00. The summed E-state index contributed by atoms with van der Waals surface area (Å²) in [5.41, 5.74) is 0.389. The smallest absolute Gasteiger partial charge is 0.175 e. The lowest BCUT2D eigenvalue weighted by molar-refractivity contribution is 0.581. The summed E-state index contributed by atoms with van der Waals surface area (Å²) in [5, 5.41) is 0.854. The van der Waals surface area contributed by atoms with Crippen molar-refractivity contribution in [3.63, 3.8) is 0 Å². The summed E-state index contributed by atoms with van der Waals surface area (Å²) in [6.45, 7) is 0. The molecule has 0 saturated heterocycles. The highest BCUT2D eigenvalue weighted by molar-refractivity contribution is 7.93. The van der Waals surface area contributed by atoms with Gasteiger partial charge in [-0.2, -0.15) is 0 Å². The van der Waals surface area contributed by atoms with Crippen molar-refractivity contribution < 1.29 is 21.6 Å². The largest absolute Gasteiger partial charge is 0.224 e. The Morgan fingerprint density at radius 3 is 2.14 bits per heavy atom. The minimum absolute atomic E-state index is 0.0286. The van der Waals surface area contributed by atoms with Gasteiger partial charge in [-0.1, -0.05) is 12.1 Å². The Balaban J connectivity index is 2.16. The van der Waals surface area contributed by atoms with Gasteiger partial charge in [-0.15, -0.1) is 0 Å². The number of halogens is 3. The maximum absolute atomic E-state index is 13.4. The molecule has 2 aromatic carbocycles. The molecule has 0 amide bonds. The predicted octanol–water partition coefficient (Wildman–Crippen LogP) is 3.69. The Labute approximate surface area is 120 Å². The minimum Gasteiger partial charge on any atom is -0.224 e. The van der Waals surface area contributed by atoms with Gasteiger partial charge in [0.25, 0.3) is 0 Å². The van der Waals surface area contributed by atoms with E-state index in [0.717, 1.165) is 35.7 Å². The van der Waals surface area contributed by atoms with E-state index in [0.29, 0.717) is 11.6 Å². The average molecular weight is 312 g/mol. The zero-order valence-corrected chi connectivity index (χ0v) is 11.6. The first-order chi connectivity index (χ1) is 9.85. The van der Waals surface area contributed by atoms with Crippen molar-refractivity contribution in [2.24, 2.45) is 0 Å². The van der Waals surface area contributed by atoms with Gasteiger partial charge in [-0.25, -0.2) is 21.6 Å². The first-order valence-electron chi connectivity index (χ1n) is 5.96. The monoisotopic (exact) mass is 312 g/mol. The van der Waals surface area contributed by atoms with E-state index in [-0.39, 0.29) is 11.3 Å². The van der Waals surface area contributed by atoms with E-state index in [1.54, 1.807) is 0 Å². The fraction of sp³-hybridized carbons (Fsp3) is 0.0667. The van der Waals surface area contributed by atoms with Gasteiger partial charge in [0.15, 0.2) is 9.84 Å². The number of hydrogen-bond donors (Lipinski definition) is 0. The fourth-order valence-electron chi connectivity index (χ4n) is 1.67. The van der Waals surface area contributed by atoms with Crippen LogP contribution in [0, 0.1) is 17.5 Å². The van der Waals surface area contributed by atoms with Gasteiger partial charge in [0.2, 0.25) is 0 Å². The molecule has 0 fully saturated rings. The van der Waals surface area contributed by atoms with Crippen LogP contribution in [0.1, 0.15) is 11.1 Å². The van der Waals surface area contributed by atoms with Gasteiger partial charge in [0, 0.05) is 17.0 Å². The molecular weight excluding hydrogens is 301 g/mol. The molecule has 0 radical (unpaired) electrons. The SMILES string of the molecule is O=S(=O)(C=Cc1ccc(F)cc1F)Cc1ccc(F)cc1. The summed E-state index contributed by atoms with van der Waals surface area (Å²) in [6.07, 6.45) is 1.06. The van der Waals surface area contributed by atoms with Gasteiger partial charge in [-0.05, 0) is 35.9 Å².